The Balaban J connectivity index is 1.96. The molecule has 1 N–H and O–H groups in total. The number of halogens is 1. The molecule has 0 aliphatic rings. The third-order valence-corrected chi connectivity index (χ3v) is 4.72. The summed E-state index contributed by atoms with van der Waals surface area (Å²) in [5.41, 5.74) is 2.72. The lowest BCUT2D eigenvalue weighted by molar-refractivity contribution is 0.104. The number of aromatic amines is 1. The number of carbonyl (C=O) groups is 1. The Morgan fingerprint density at radius 1 is 1.07 bits per heavy atom. The highest BCUT2D eigenvalue weighted by molar-refractivity contribution is 6.31. The van der Waals surface area contributed by atoms with Gasteiger partial charge in [0.1, 0.15) is 0 Å². The molecule has 4 aromatic rings. The van der Waals surface area contributed by atoms with Crippen LogP contribution in [0.5, 0.6) is 0 Å². The normalized spacial score (nSPS) is 11.2. The van der Waals surface area contributed by atoms with E-state index in [1.807, 2.05) is 25.1 Å². The van der Waals surface area contributed by atoms with E-state index in [0.717, 1.165) is 5.56 Å². The Labute approximate surface area is 171 Å². The molecule has 5 nitrogen and oxygen atoms in total. The quantitative estimate of drug-likeness (QED) is 0.392. The standard InChI is InChI=1S/C23H16ClN3O2/c1-14-9-11-26-19(12-14)21-17-13-15(24)5-7-18(17)27-23(29)22(21)20(28)8-6-16-4-2-3-10-25-16/h2-13H,1H3,(H,27,29)/b8-6+. The van der Waals surface area contributed by atoms with E-state index in [4.69, 9.17) is 11.6 Å². The predicted octanol–water partition coefficient (Wildman–Crippen LogP) is 4.84. The van der Waals surface area contributed by atoms with E-state index in [1.165, 1.54) is 6.08 Å². The van der Waals surface area contributed by atoms with Gasteiger partial charge in [-0.2, -0.15) is 0 Å². The number of pyridine rings is 3. The van der Waals surface area contributed by atoms with Crippen molar-refractivity contribution in [1.29, 1.82) is 0 Å². The van der Waals surface area contributed by atoms with Gasteiger partial charge in [0.05, 0.1) is 17.0 Å². The molecular weight excluding hydrogens is 386 g/mol. The number of hydrogen-bond acceptors (Lipinski definition) is 4. The second-order valence-corrected chi connectivity index (χ2v) is 7.00. The van der Waals surface area contributed by atoms with Crippen LogP contribution >= 0.6 is 11.6 Å². The predicted molar refractivity (Wildman–Crippen MR) is 115 cm³/mol. The van der Waals surface area contributed by atoms with Crippen LogP contribution in [0.3, 0.4) is 0 Å². The van der Waals surface area contributed by atoms with Crippen LogP contribution in [0, 0.1) is 6.92 Å². The molecule has 0 bridgehead atoms. The van der Waals surface area contributed by atoms with E-state index < -0.39 is 11.3 Å². The fourth-order valence-corrected chi connectivity index (χ4v) is 3.33. The zero-order valence-corrected chi connectivity index (χ0v) is 16.3. The van der Waals surface area contributed by atoms with Crippen molar-refractivity contribution in [3.63, 3.8) is 0 Å². The number of rotatable bonds is 4. The highest BCUT2D eigenvalue weighted by Crippen LogP contribution is 2.31. The van der Waals surface area contributed by atoms with Crippen molar-refractivity contribution in [3.05, 3.63) is 99.2 Å². The second kappa shape index (κ2) is 7.81. The SMILES string of the molecule is Cc1ccnc(-c2c(C(=O)/C=C/c3ccccn3)c(=O)[nH]c3ccc(Cl)cc23)c1. The van der Waals surface area contributed by atoms with Gasteiger partial charge in [-0.15, -0.1) is 0 Å². The summed E-state index contributed by atoms with van der Waals surface area (Å²) < 4.78 is 0. The number of hydrogen-bond donors (Lipinski definition) is 1. The third-order valence-electron chi connectivity index (χ3n) is 4.49. The van der Waals surface area contributed by atoms with Crippen LogP contribution in [-0.4, -0.2) is 20.7 Å². The van der Waals surface area contributed by atoms with Gasteiger partial charge in [-0.25, -0.2) is 0 Å². The van der Waals surface area contributed by atoms with Gasteiger partial charge < -0.3 is 4.98 Å². The van der Waals surface area contributed by atoms with Crippen LogP contribution < -0.4 is 5.56 Å². The van der Waals surface area contributed by atoms with E-state index in [9.17, 15) is 9.59 Å². The minimum absolute atomic E-state index is 0.0186. The molecule has 0 atom stereocenters. The van der Waals surface area contributed by atoms with Crippen LogP contribution in [0.2, 0.25) is 5.02 Å². The lowest BCUT2D eigenvalue weighted by Crippen LogP contribution is -2.19. The maximum atomic E-state index is 13.1. The van der Waals surface area contributed by atoms with E-state index in [1.54, 1.807) is 48.8 Å². The molecule has 142 valence electrons. The summed E-state index contributed by atoms with van der Waals surface area (Å²) in [4.78, 5) is 37.3. The summed E-state index contributed by atoms with van der Waals surface area (Å²) in [5, 5.41) is 1.16. The van der Waals surface area contributed by atoms with Crippen molar-refractivity contribution < 1.29 is 4.79 Å². The maximum absolute atomic E-state index is 13.1. The number of carbonyl (C=O) groups excluding carboxylic acids is 1. The van der Waals surface area contributed by atoms with Crippen molar-refractivity contribution in [1.82, 2.24) is 15.0 Å². The fourth-order valence-electron chi connectivity index (χ4n) is 3.16. The van der Waals surface area contributed by atoms with E-state index in [-0.39, 0.29) is 5.56 Å². The first kappa shape index (κ1) is 18.8. The summed E-state index contributed by atoms with van der Waals surface area (Å²) in [7, 11) is 0. The second-order valence-electron chi connectivity index (χ2n) is 6.56. The smallest absolute Gasteiger partial charge is 0.260 e. The van der Waals surface area contributed by atoms with Crippen molar-refractivity contribution in [2.24, 2.45) is 0 Å². The Hall–Kier alpha value is -3.57. The molecule has 4 rings (SSSR count). The summed E-state index contributed by atoms with van der Waals surface area (Å²) in [6, 6.07) is 14.2. The topological polar surface area (TPSA) is 75.7 Å². The molecule has 1 aromatic carbocycles. The average molecular weight is 402 g/mol. The summed E-state index contributed by atoms with van der Waals surface area (Å²) >= 11 is 6.20. The minimum atomic E-state index is -0.478. The molecule has 0 aliphatic heterocycles. The van der Waals surface area contributed by atoms with Crippen LogP contribution in [0.25, 0.3) is 28.2 Å². The van der Waals surface area contributed by atoms with Gasteiger partial charge in [0.15, 0.2) is 5.78 Å². The zero-order chi connectivity index (χ0) is 20.4. The number of aromatic nitrogens is 3. The number of aryl methyl sites for hydroxylation is 1. The van der Waals surface area contributed by atoms with Gasteiger partial charge in [-0.05, 0) is 67.1 Å². The molecular formula is C23H16ClN3O2. The van der Waals surface area contributed by atoms with Crippen LogP contribution in [0.15, 0.2) is 71.8 Å². The van der Waals surface area contributed by atoms with Gasteiger partial charge >= 0.3 is 0 Å². The molecule has 0 amide bonds. The summed E-state index contributed by atoms with van der Waals surface area (Å²) in [6.07, 6.45) is 6.22. The van der Waals surface area contributed by atoms with Gasteiger partial charge in [0.25, 0.3) is 5.56 Å². The van der Waals surface area contributed by atoms with Gasteiger partial charge in [-0.1, -0.05) is 17.7 Å². The van der Waals surface area contributed by atoms with Crippen molar-refractivity contribution in [2.75, 3.05) is 0 Å². The van der Waals surface area contributed by atoms with Crippen molar-refractivity contribution in [3.8, 4) is 11.3 Å². The maximum Gasteiger partial charge on any atom is 0.260 e. The minimum Gasteiger partial charge on any atom is -0.321 e. The lowest BCUT2D eigenvalue weighted by atomic mass is 9.96. The molecule has 6 heteroatoms. The Bertz CT molecular complexity index is 1310. The monoisotopic (exact) mass is 401 g/mol. The molecule has 0 saturated heterocycles. The molecule has 3 aromatic heterocycles. The fraction of sp³-hybridized carbons (Fsp3) is 0.0435. The van der Waals surface area contributed by atoms with Crippen molar-refractivity contribution >= 4 is 34.4 Å². The number of nitrogens with one attached hydrogen (secondary N) is 1. The number of allylic oxidation sites excluding steroid dienone is 1. The third kappa shape index (κ3) is 3.86. The molecule has 0 spiro atoms. The highest BCUT2D eigenvalue weighted by Gasteiger charge is 2.20. The highest BCUT2D eigenvalue weighted by atomic mass is 35.5. The first-order chi connectivity index (χ1) is 14.0. The Morgan fingerprint density at radius 3 is 2.69 bits per heavy atom. The van der Waals surface area contributed by atoms with E-state index >= 15 is 0 Å². The zero-order valence-electron chi connectivity index (χ0n) is 15.5. The molecule has 0 fully saturated rings. The van der Waals surface area contributed by atoms with Crippen LogP contribution in [0.4, 0.5) is 0 Å². The number of fused-ring (bicyclic) bond motifs is 1. The summed E-state index contributed by atoms with van der Waals surface area (Å²) in [6.45, 7) is 1.93. The number of H-pyrrole nitrogens is 1. The number of benzene rings is 1. The van der Waals surface area contributed by atoms with E-state index in [0.29, 0.717) is 32.9 Å². The van der Waals surface area contributed by atoms with Gasteiger partial charge in [-0.3, -0.25) is 19.6 Å². The molecule has 3 heterocycles. The lowest BCUT2D eigenvalue weighted by Gasteiger charge is -2.11. The van der Waals surface area contributed by atoms with Crippen LogP contribution in [-0.2, 0) is 0 Å². The largest absolute Gasteiger partial charge is 0.321 e. The molecule has 0 radical (unpaired) electrons. The number of ketones is 1. The molecule has 0 saturated carbocycles. The van der Waals surface area contributed by atoms with Crippen molar-refractivity contribution in [2.45, 2.75) is 6.92 Å². The average Bonchev–Trinajstić information content (AvgIpc) is 2.72. The van der Waals surface area contributed by atoms with Gasteiger partial charge in [0, 0.05) is 33.9 Å². The molecule has 0 unspecified atom stereocenters. The molecule has 0 aliphatic carbocycles. The van der Waals surface area contributed by atoms with E-state index in [2.05, 4.69) is 15.0 Å². The first-order valence-electron chi connectivity index (χ1n) is 8.95. The van der Waals surface area contributed by atoms with Crippen LogP contribution in [0.1, 0.15) is 21.6 Å². The number of nitrogens with zero attached hydrogens (tertiary/aromatic N) is 2. The Morgan fingerprint density at radius 2 is 1.93 bits per heavy atom. The van der Waals surface area contributed by atoms with Gasteiger partial charge in [0.2, 0.25) is 0 Å². The first-order valence-corrected chi connectivity index (χ1v) is 9.33. The Kier molecular flexibility index (Phi) is 5.06. The molecule has 29 heavy (non-hydrogen) atoms. The summed E-state index contributed by atoms with van der Waals surface area (Å²) in [5.74, 6) is -0.433.